The molecule has 112 valence electrons. The highest BCUT2D eigenvalue weighted by atomic mass is 16.5. The molecule has 0 bridgehead atoms. The van der Waals surface area contributed by atoms with Crippen LogP contribution in [-0.2, 0) is 0 Å². The van der Waals surface area contributed by atoms with Crippen molar-refractivity contribution in [3.8, 4) is 11.5 Å². The first-order valence-corrected chi connectivity index (χ1v) is 7.69. The van der Waals surface area contributed by atoms with Crippen molar-refractivity contribution < 1.29 is 9.47 Å². The number of hydrogen-bond donors (Lipinski definition) is 1. The fourth-order valence-corrected chi connectivity index (χ4v) is 3.37. The van der Waals surface area contributed by atoms with Gasteiger partial charge in [-0.25, -0.2) is 0 Å². The van der Waals surface area contributed by atoms with Crippen molar-refractivity contribution in [2.24, 2.45) is 5.92 Å². The van der Waals surface area contributed by atoms with Gasteiger partial charge in [0, 0.05) is 6.04 Å². The van der Waals surface area contributed by atoms with Gasteiger partial charge in [-0.1, -0.05) is 31.7 Å². The third kappa shape index (κ3) is 3.45. The Kier molecular flexibility index (Phi) is 5.72. The third-order valence-electron chi connectivity index (χ3n) is 4.45. The van der Waals surface area contributed by atoms with Crippen molar-refractivity contribution in [1.82, 2.24) is 5.32 Å². The van der Waals surface area contributed by atoms with Crippen molar-refractivity contribution >= 4 is 0 Å². The fraction of sp³-hybridized carbons (Fsp3) is 0.647. The molecule has 1 fully saturated rings. The van der Waals surface area contributed by atoms with Crippen LogP contribution in [0.5, 0.6) is 11.5 Å². The average Bonchev–Trinajstić information content (AvgIpc) is 2.77. The average molecular weight is 277 g/mol. The zero-order valence-corrected chi connectivity index (χ0v) is 12.9. The van der Waals surface area contributed by atoms with Crippen LogP contribution in [0.4, 0.5) is 0 Å². The summed E-state index contributed by atoms with van der Waals surface area (Å²) >= 11 is 0. The third-order valence-corrected chi connectivity index (χ3v) is 4.45. The molecule has 3 nitrogen and oxygen atoms in total. The van der Waals surface area contributed by atoms with E-state index in [9.17, 15) is 0 Å². The molecule has 2 rings (SSSR count). The molecule has 0 aliphatic heterocycles. The molecule has 1 aromatic carbocycles. The maximum Gasteiger partial charge on any atom is 0.161 e. The number of ether oxygens (including phenoxy) is 2. The normalized spacial score (nSPS) is 18.4. The SMILES string of the molecule is CNC(c1ccc(OC)c(OC)c1)C1CCCCCC1. The lowest BCUT2D eigenvalue weighted by molar-refractivity contribution is 0.334. The first-order chi connectivity index (χ1) is 9.80. The molecule has 1 atom stereocenters. The molecular weight excluding hydrogens is 250 g/mol. The standard InChI is InChI=1S/C17H27NO2/c1-18-17(13-8-6-4-5-7-9-13)14-10-11-15(19-2)16(12-14)20-3/h10-13,17-18H,4-9H2,1-3H3. The van der Waals surface area contributed by atoms with Gasteiger partial charge in [-0.15, -0.1) is 0 Å². The molecule has 0 spiro atoms. The Bertz CT molecular complexity index is 411. The summed E-state index contributed by atoms with van der Waals surface area (Å²) in [7, 11) is 5.44. The van der Waals surface area contributed by atoms with Crippen molar-refractivity contribution in [2.75, 3.05) is 21.3 Å². The molecule has 3 heteroatoms. The monoisotopic (exact) mass is 277 g/mol. The van der Waals surface area contributed by atoms with Crippen LogP contribution in [0.1, 0.15) is 50.1 Å². The van der Waals surface area contributed by atoms with E-state index in [1.54, 1.807) is 14.2 Å². The lowest BCUT2D eigenvalue weighted by Gasteiger charge is -2.27. The zero-order chi connectivity index (χ0) is 14.4. The van der Waals surface area contributed by atoms with Crippen LogP contribution in [-0.4, -0.2) is 21.3 Å². The highest BCUT2D eigenvalue weighted by Crippen LogP contribution is 2.36. The highest BCUT2D eigenvalue weighted by molar-refractivity contribution is 5.44. The maximum atomic E-state index is 5.43. The van der Waals surface area contributed by atoms with Crippen LogP contribution < -0.4 is 14.8 Å². The Hall–Kier alpha value is -1.22. The molecule has 0 heterocycles. The van der Waals surface area contributed by atoms with Crippen LogP contribution in [0.15, 0.2) is 18.2 Å². The summed E-state index contributed by atoms with van der Waals surface area (Å²) in [4.78, 5) is 0. The minimum atomic E-state index is 0.410. The summed E-state index contributed by atoms with van der Waals surface area (Å²) in [5.74, 6) is 2.34. The quantitative estimate of drug-likeness (QED) is 0.827. The molecule has 0 amide bonds. The van der Waals surface area contributed by atoms with E-state index in [1.807, 2.05) is 6.07 Å². The predicted molar refractivity (Wildman–Crippen MR) is 82.5 cm³/mol. The van der Waals surface area contributed by atoms with Gasteiger partial charge in [-0.2, -0.15) is 0 Å². The van der Waals surface area contributed by atoms with Crippen LogP contribution in [0.3, 0.4) is 0 Å². The molecule has 1 aromatic rings. The Labute approximate surface area is 122 Å². The van der Waals surface area contributed by atoms with E-state index in [2.05, 4.69) is 24.5 Å². The molecule has 0 aromatic heterocycles. The molecular formula is C17H27NO2. The first-order valence-electron chi connectivity index (χ1n) is 7.69. The maximum absolute atomic E-state index is 5.43. The van der Waals surface area contributed by atoms with Crippen LogP contribution in [0.25, 0.3) is 0 Å². The minimum Gasteiger partial charge on any atom is -0.493 e. The summed E-state index contributed by atoms with van der Waals surface area (Å²) < 4.78 is 10.8. The molecule has 0 radical (unpaired) electrons. The Morgan fingerprint density at radius 1 is 1.00 bits per heavy atom. The number of hydrogen-bond acceptors (Lipinski definition) is 3. The van der Waals surface area contributed by atoms with Crippen LogP contribution in [0.2, 0.25) is 0 Å². The molecule has 1 aliphatic rings. The van der Waals surface area contributed by atoms with Gasteiger partial charge in [0.05, 0.1) is 14.2 Å². The molecule has 20 heavy (non-hydrogen) atoms. The van der Waals surface area contributed by atoms with E-state index in [0.717, 1.165) is 17.4 Å². The van der Waals surface area contributed by atoms with E-state index < -0.39 is 0 Å². The zero-order valence-electron chi connectivity index (χ0n) is 12.9. The summed E-state index contributed by atoms with van der Waals surface area (Å²) in [6.45, 7) is 0. The summed E-state index contributed by atoms with van der Waals surface area (Å²) in [5, 5.41) is 3.51. The summed E-state index contributed by atoms with van der Waals surface area (Å²) in [6.07, 6.45) is 8.13. The Balaban J connectivity index is 2.21. The Morgan fingerprint density at radius 3 is 2.20 bits per heavy atom. The van der Waals surface area contributed by atoms with E-state index >= 15 is 0 Å². The van der Waals surface area contributed by atoms with Gasteiger partial charge in [0.15, 0.2) is 11.5 Å². The van der Waals surface area contributed by atoms with Crippen LogP contribution in [0, 0.1) is 5.92 Å². The Morgan fingerprint density at radius 2 is 1.65 bits per heavy atom. The largest absolute Gasteiger partial charge is 0.493 e. The second-order valence-electron chi connectivity index (χ2n) is 5.63. The van der Waals surface area contributed by atoms with Gasteiger partial charge in [0.2, 0.25) is 0 Å². The lowest BCUT2D eigenvalue weighted by atomic mass is 9.87. The second-order valence-corrected chi connectivity index (χ2v) is 5.63. The van der Waals surface area contributed by atoms with E-state index in [1.165, 1.54) is 44.1 Å². The van der Waals surface area contributed by atoms with Gasteiger partial charge in [0.25, 0.3) is 0 Å². The van der Waals surface area contributed by atoms with Crippen molar-refractivity contribution in [1.29, 1.82) is 0 Å². The molecule has 1 saturated carbocycles. The summed E-state index contributed by atoms with van der Waals surface area (Å²) in [6, 6.07) is 6.70. The smallest absolute Gasteiger partial charge is 0.161 e. The van der Waals surface area contributed by atoms with Crippen LogP contribution >= 0.6 is 0 Å². The number of methoxy groups -OCH3 is 2. The fourth-order valence-electron chi connectivity index (χ4n) is 3.37. The molecule has 1 aliphatic carbocycles. The van der Waals surface area contributed by atoms with Crippen molar-refractivity contribution in [3.05, 3.63) is 23.8 Å². The van der Waals surface area contributed by atoms with Crippen molar-refractivity contribution in [3.63, 3.8) is 0 Å². The van der Waals surface area contributed by atoms with E-state index in [0.29, 0.717) is 6.04 Å². The van der Waals surface area contributed by atoms with Crippen molar-refractivity contribution in [2.45, 2.75) is 44.6 Å². The predicted octanol–water partition coefficient (Wildman–Crippen LogP) is 3.93. The number of nitrogens with one attached hydrogen (secondary N) is 1. The van der Waals surface area contributed by atoms with E-state index in [-0.39, 0.29) is 0 Å². The van der Waals surface area contributed by atoms with Gasteiger partial charge < -0.3 is 14.8 Å². The highest BCUT2D eigenvalue weighted by Gasteiger charge is 2.23. The van der Waals surface area contributed by atoms with Gasteiger partial charge in [0.1, 0.15) is 0 Å². The molecule has 0 saturated heterocycles. The van der Waals surface area contributed by atoms with Gasteiger partial charge >= 0.3 is 0 Å². The minimum absolute atomic E-state index is 0.410. The number of rotatable bonds is 5. The second kappa shape index (κ2) is 7.53. The van der Waals surface area contributed by atoms with Gasteiger partial charge in [-0.3, -0.25) is 0 Å². The summed E-state index contributed by atoms with van der Waals surface area (Å²) in [5.41, 5.74) is 1.30. The van der Waals surface area contributed by atoms with E-state index in [4.69, 9.17) is 9.47 Å². The van der Waals surface area contributed by atoms with Gasteiger partial charge in [-0.05, 0) is 43.5 Å². The molecule has 1 unspecified atom stereocenters. The first kappa shape index (κ1) is 15.2. The lowest BCUT2D eigenvalue weighted by Crippen LogP contribution is -2.25. The molecule has 1 N–H and O–H groups in total. The number of benzene rings is 1. The topological polar surface area (TPSA) is 30.5 Å².